The molecule has 0 aromatic carbocycles. The Labute approximate surface area is 205 Å². The predicted molar refractivity (Wildman–Crippen MR) is 131 cm³/mol. The first-order valence-corrected chi connectivity index (χ1v) is 13.2. The van der Waals surface area contributed by atoms with Gasteiger partial charge in [-0.3, -0.25) is 18.8 Å². The van der Waals surface area contributed by atoms with E-state index in [0.29, 0.717) is 36.5 Å². The van der Waals surface area contributed by atoms with E-state index in [1.165, 1.54) is 38.5 Å². The molecule has 8 nitrogen and oxygen atoms in total. The number of nitrogens with zero attached hydrogens (tertiary/aromatic N) is 3. The summed E-state index contributed by atoms with van der Waals surface area (Å²) in [5, 5.41) is 6.06. The standard InChI is InChI=1S/C27H35N5O3/c33-17-29-21-3-2-6-31(14-21)25(34)10-22-15-32-23(4-1-5-24(32)30-22)26(35)28-16-27-11-18-7-19(12-27)9-20(8-18)13-27/h1,4-5,15,17-21H,2-3,6-14,16H2,(H,28,35)(H,29,33)/t18?,19?,20?,21-,27?/m1/s1. The third-order valence-corrected chi connectivity index (χ3v) is 8.97. The van der Waals surface area contributed by atoms with E-state index in [4.69, 9.17) is 0 Å². The van der Waals surface area contributed by atoms with Crippen molar-refractivity contribution in [2.24, 2.45) is 23.2 Å². The van der Waals surface area contributed by atoms with Gasteiger partial charge >= 0.3 is 0 Å². The summed E-state index contributed by atoms with van der Waals surface area (Å²) in [6.07, 6.45) is 12.5. The quantitative estimate of drug-likeness (QED) is 0.599. The van der Waals surface area contributed by atoms with Crippen LogP contribution in [0, 0.1) is 23.2 Å². The van der Waals surface area contributed by atoms with Gasteiger partial charge in [0.15, 0.2) is 0 Å². The number of likely N-dealkylation sites (tertiary alicyclic amines) is 1. The summed E-state index contributed by atoms with van der Waals surface area (Å²) in [7, 11) is 0. The molecule has 1 atom stereocenters. The number of pyridine rings is 1. The van der Waals surface area contributed by atoms with Crippen LogP contribution < -0.4 is 10.6 Å². The first kappa shape index (κ1) is 22.6. The van der Waals surface area contributed by atoms with Crippen LogP contribution in [-0.2, 0) is 16.0 Å². The minimum absolute atomic E-state index is 0.00128. The maximum Gasteiger partial charge on any atom is 0.268 e. The Morgan fingerprint density at radius 3 is 2.57 bits per heavy atom. The van der Waals surface area contributed by atoms with E-state index in [1.807, 2.05) is 28.8 Å². The van der Waals surface area contributed by atoms with Crippen molar-refractivity contribution in [3.8, 4) is 0 Å². The number of fused-ring (bicyclic) bond motifs is 1. The Balaban J connectivity index is 1.13. The third-order valence-electron chi connectivity index (χ3n) is 8.97. The Morgan fingerprint density at radius 1 is 1.11 bits per heavy atom. The van der Waals surface area contributed by atoms with Crippen LogP contribution in [0.4, 0.5) is 0 Å². The van der Waals surface area contributed by atoms with Crippen molar-refractivity contribution in [2.75, 3.05) is 19.6 Å². The van der Waals surface area contributed by atoms with Crippen LogP contribution in [0.3, 0.4) is 0 Å². The molecule has 3 heterocycles. The van der Waals surface area contributed by atoms with Gasteiger partial charge in [0.2, 0.25) is 12.3 Å². The highest BCUT2D eigenvalue weighted by atomic mass is 16.2. The molecule has 2 N–H and O–H groups in total. The molecule has 7 rings (SSSR count). The van der Waals surface area contributed by atoms with Gasteiger partial charge in [-0.1, -0.05) is 6.07 Å². The molecule has 0 spiro atoms. The number of hydrogen-bond donors (Lipinski definition) is 2. The van der Waals surface area contributed by atoms with Crippen LogP contribution in [0.2, 0.25) is 0 Å². The number of carbonyl (C=O) groups excluding carboxylic acids is 3. The van der Waals surface area contributed by atoms with E-state index < -0.39 is 0 Å². The van der Waals surface area contributed by atoms with Crippen LogP contribution >= 0.6 is 0 Å². The first-order chi connectivity index (χ1) is 17.0. The number of hydrogen-bond acceptors (Lipinski definition) is 4. The molecule has 186 valence electrons. The average molecular weight is 478 g/mol. The van der Waals surface area contributed by atoms with Crippen molar-refractivity contribution >= 4 is 23.9 Å². The molecular weight excluding hydrogens is 442 g/mol. The molecule has 1 saturated heterocycles. The summed E-state index contributed by atoms with van der Waals surface area (Å²) in [6.45, 7) is 1.99. The first-order valence-electron chi connectivity index (χ1n) is 13.2. The monoisotopic (exact) mass is 477 g/mol. The minimum Gasteiger partial charge on any atom is -0.354 e. The summed E-state index contributed by atoms with van der Waals surface area (Å²) in [4.78, 5) is 43.4. The number of rotatable bonds is 7. The summed E-state index contributed by atoms with van der Waals surface area (Å²) in [5.41, 5.74) is 2.18. The van der Waals surface area contributed by atoms with Gasteiger partial charge in [0.05, 0.1) is 12.1 Å². The van der Waals surface area contributed by atoms with Crippen LogP contribution in [0.1, 0.15) is 67.5 Å². The molecule has 4 saturated carbocycles. The van der Waals surface area contributed by atoms with Crippen LogP contribution in [-0.4, -0.2) is 58.2 Å². The maximum atomic E-state index is 13.3. The lowest BCUT2D eigenvalue weighted by molar-refractivity contribution is -0.132. The highest BCUT2D eigenvalue weighted by Gasteiger charge is 2.50. The topological polar surface area (TPSA) is 95.8 Å². The highest BCUT2D eigenvalue weighted by molar-refractivity contribution is 5.93. The van der Waals surface area contributed by atoms with E-state index in [9.17, 15) is 14.4 Å². The van der Waals surface area contributed by atoms with Crippen LogP contribution in [0.5, 0.6) is 0 Å². The van der Waals surface area contributed by atoms with E-state index in [2.05, 4.69) is 15.6 Å². The second-order valence-corrected chi connectivity index (χ2v) is 11.6. The van der Waals surface area contributed by atoms with Gasteiger partial charge in [0.25, 0.3) is 5.91 Å². The number of carbonyl (C=O) groups is 3. The van der Waals surface area contributed by atoms with Crippen molar-refractivity contribution in [1.82, 2.24) is 24.9 Å². The van der Waals surface area contributed by atoms with Crippen molar-refractivity contribution in [1.29, 1.82) is 0 Å². The predicted octanol–water partition coefficient (Wildman–Crippen LogP) is 2.56. The molecule has 4 aliphatic carbocycles. The number of amides is 3. The van der Waals surface area contributed by atoms with Crippen molar-refractivity contribution in [3.63, 3.8) is 0 Å². The summed E-state index contributed by atoms with van der Waals surface area (Å²) in [6, 6.07) is 5.56. The van der Waals surface area contributed by atoms with Crippen LogP contribution in [0.25, 0.3) is 5.65 Å². The Bertz CT molecular complexity index is 1110. The van der Waals surface area contributed by atoms with Gasteiger partial charge in [0.1, 0.15) is 11.3 Å². The van der Waals surface area contributed by atoms with Gasteiger partial charge in [-0.2, -0.15) is 0 Å². The zero-order valence-corrected chi connectivity index (χ0v) is 20.2. The summed E-state index contributed by atoms with van der Waals surface area (Å²) < 4.78 is 1.81. The second-order valence-electron chi connectivity index (χ2n) is 11.6. The molecule has 2 aromatic heterocycles. The molecule has 8 heteroatoms. The van der Waals surface area contributed by atoms with Crippen molar-refractivity contribution in [3.05, 3.63) is 35.8 Å². The van der Waals surface area contributed by atoms with Gasteiger partial charge < -0.3 is 15.5 Å². The van der Waals surface area contributed by atoms with Gasteiger partial charge in [-0.15, -0.1) is 0 Å². The molecule has 2 aromatic rings. The van der Waals surface area contributed by atoms with Gasteiger partial charge in [0, 0.05) is 31.9 Å². The molecule has 0 radical (unpaired) electrons. The Hall–Kier alpha value is -2.90. The molecule has 1 aliphatic heterocycles. The second kappa shape index (κ2) is 8.95. The SMILES string of the molecule is O=CN[C@@H]1CCCN(C(=O)Cc2cn3c(C(=O)NCC45CC6CC(CC(C6)C4)C5)cccc3n2)C1. The normalized spacial score (nSPS) is 31.5. The number of aromatic nitrogens is 2. The summed E-state index contributed by atoms with van der Waals surface area (Å²) >= 11 is 0. The van der Waals surface area contributed by atoms with E-state index in [0.717, 1.165) is 37.1 Å². The number of imidazole rings is 1. The molecule has 5 aliphatic rings. The van der Waals surface area contributed by atoms with E-state index >= 15 is 0 Å². The Morgan fingerprint density at radius 2 is 1.86 bits per heavy atom. The Kier molecular flexibility index (Phi) is 5.77. The fraction of sp³-hybridized carbons (Fsp3) is 0.630. The van der Waals surface area contributed by atoms with Gasteiger partial charge in [-0.25, -0.2) is 4.98 Å². The minimum atomic E-state index is -0.0690. The van der Waals surface area contributed by atoms with E-state index in [-0.39, 0.29) is 29.7 Å². The van der Waals surface area contributed by atoms with E-state index in [1.54, 1.807) is 4.90 Å². The fourth-order valence-corrected chi connectivity index (χ4v) is 7.90. The lowest BCUT2D eigenvalue weighted by Crippen LogP contribution is -2.51. The van der Waals surface area contributed by atoms with Crippen molar-refractivity contribution in [2.45, 2.75) is 63.8 Å². The molecule has 4 bridgehead atoms. The molecular formula is C27H35N5O3. The maximum absolute atomic E-state index is 13.3. The smallest absolute Gasteiger partial charge is 0.268 e. The zero-order chi connectivity index (χ0) is 24.0. The number of nitrogens with one attached hydrogen (secondary N) is 2. The number of piperidine rings is 1. The van der Waals surface area contributed by atoms with Crippen molar-refractivity contribution < 1.29 is 14.4 Å². The zero-order valence-electron chi connectivity index (χ0n) is 20.2. The highest BCUT2D eigenvalue weighted by Crippen LogP contribution is 2.59. The summed E-state index contributed by atoms with van der Waals surface area (Å²) in [5.74, 6) is 2.51. The fourth-order valence-electron chi connectivity index (χ4n) is 7.90. The molecule has 0 unspecified atom stereocenters. The largest absolute Gasteiger partial charge is 0.354 e. The lowest BCUT2D eigenvalue weighted by atomic mass is 9.49. The van der Waals surface area contributed by atoms with Crippen LogP contribution in [0.15, 0.2) is 24.4 Å². The molecule has 35 heavy (non-hydrogen) atoms. The third kappa shape index (κ3) is 4.43. The molecule has 5 fully saturated rings. The average Bonchev–Trinajstić information content (AvgIpc) is 3.24. The van der Waals surface area contributed by atoms with Gasteiger partial charge in [-0.05, 0) is 86.7 Å². The molecule has 3 amide bonds. The lowest BCUT2D eigenvalue weighted by Gasteiger charge is -2.56.